The molecule has 0 radical (unpaired) electrons. The van der Waals surface area contributed by atoms with Gasteiger partial charge in [0.2, 0.25) is 0 Å². The maximum absolute atomic E-state index is 10.7. The maximum atomic E-state index is 10.7. The topological polar surface area (TPSA) is 291 Å². The van der Waals surface area contributed by atoms with Gasteiger partial charge in [-0.3, -0.25) is 55.4 Å². The first-order chi connectivity index (χ1) is 31.7. The normalized spacial score (nSPS) is 9.56. The molecule has 0 aliphatic carbocycles. The molecule has 0 bridgehead atoms. The first-order valence-electron chi connectivity index (χ1n) is 20.8. The number of nitrogen functional groups attached to an aromatic ring is 1. The second kappa shape index (κ2) is 40.0. The minimum Gasteiger partial charge on any atom is -0.397 e. The number of amidine groups is 1. The molecule has 0 saturated carbocycles. The second-order valence-corrected chi connectivity index (χ2v) is 17.1. The molecule has 20 nitrogen and oxygen atoms in total. The number of aromatic nitrogens is 4. The number of rotatable bonds is 13. The Morgan fingerprint density at radius 1 is 0.714 bits per heavy atom. The number of guanidine groups is 1. The summed E-state index contributed by atoms with van der Waals surface area (Å²) in [5, 5.41) is 26.7. The average Bonchev–Trinajstić information content (AvgIpc) is 3.22. The predicted molar refractivity (Wildman–Crippen MR) is 296 cm³/mol. The molecule has 24 heteroatoms. The van der Waals surface area contributed by atoms with Crippen LogP contribution in [0.25, 0.3) is 0 Å². The van der Waals surface area contributed by atoms with Crippen LogP contribution in [0.1, 0.15) is 52.3 Å². The smallest absolute Gasteiger partial charge is 0.291 e. The zero-order valence-corrected chi connectivity index (χ0v) is 46.3. The summed E-state index contributed by atoms with van der Waals surface area (Å²) < 4.78 is 0.620. The first-order valence-corrected chi connectivity index (χ1v) is 22.0. The van der Waals surface area contributed by atoms with Crippen LogP contribution in [0.5, 0.6) is 0 Å². The van der Waals surface area contributed by atoms with Gasteiger partial charge < -0.3 is 32.7 Å². The Morgan fingerprint density at radius 3 is 1.53 bits per heavy atom. The molecular weight excluding hydrogens is 1030 g/mol. The molecular formula is C46H72BrCl3N16O4. The highest BCUT2D eigenvalue weighted by Gasteiger charge is 2.12. The number of aliphatic imine (C=N–C) groups is 1. The quantitative estimate of drug-likeness (QED) is 0.0233. The van der Waals surface area contributed by atoms with Crippen LogP contribution in [0.4, 0.5) is 22.7 Å². The van der Waals surface area contributed by atoms with Crippen LogP contribution in [0.2, 0.25) is 0 Å². The average molecular weight is 1100 g/mol. The van der Waals surface area contributed by atoms with Gasteiger partial charge in [0.25, 0.3) is 11.4 Å². The van der Waals surface area contributed by atoms with Crippen LogP contribution in [0, 0.1) is 77.5 Å². The Labute approximate surface area is 440 Å². The number of hydrogen-bond acceptors (Lipinski definition) is 15. The van der Waals surface area contributed by atoms with Gasteiger partial charge in [-0.2, -0.15) is 0 Å². The summed E-state index contributed by atoms with van der Waals surface area (Å²) in [5.41, 5.74) is 28.2. The van der Waals surface area contributed by atoms with Gasteiger partial charge in [-0.25, -0.2) is 4.99 Å². The lowest BCUT2D eigenvalue weighted by Crippen LogP contribution is -2.22. The molecule has 0 aromatic carbocycles. The van der Waals surface area contributed by atoms with E-state index in [1.54, 1.807) is 20.0 Å². The number of halogens is 4. The van der Waals surface area contributed by atoms with Crippen molar-refractivity contribution < 1.29 is 9.85 Å². The lowest BCUT2D eigenvalue weighted by molar-refractivity contribution is -0.385. The molecule has 70 heavy (non-hydrogen) atoms. The molecule has 0 unspecified atom stereocenters. The summed E-state index contributed by atoms with van der Waals surface area (Å²) in [7, 11) is 16.0. The van der Waals surface area contributed by atoms with E-state index >= 15 is 0 Å². The van der Waals surface area contributed by atoms with Crippen molar-refractivity contribution in [3.63, 3.8) is 0 Å². The third kappa shape index (κ3) is 37.2. The molecule has 4 aromatic heterocycles. The number of hydrogen-bond donors (Lipinski definition) is 5. The molecule has 4 aromatic rings. The van der Waals surface area contributed by atoms with Gasteiger partial charge in [0.15, 0.2) is 11.3 Å². The van der Waals surface area contributed by atoms with Gasteiger partial charge in [0, 0.05) is 47.0 Å². The van der Waals surface area contributed by atoms with E-state index in [1.165, 1.54) is 23.9 Å². The fraction of sp³-hybridized carbons (Fsp3) is 0.435. The number of nitrogens with zero attached hydrogens (tertiary/aromatic N) is 11. The van der Waals surface area contributed by atoms with Gasteiger partial charge in [0.05, 0.1) is 45.7 Å². The molecule has 388 valence electrons. The highest BCUT2D eigenvalue weighted by molar-refractivity contribution is 9.10. The van der Waals surface area contributed by atoms with Gasteiger partial charge in [0.1, 0.15) is 11.4 Å². The zero-order valence-electron chi connectivity index (χ0n) is 42.3. The third-order valence-electron chi connectivity index (χ3n) is 8.21. The van der Waals surface area contributed by atoms with E-state index in [-0.39, 0.29) is 47.4 Å². The van der Waals surface area contributed by atoms with Crippen LogP contribution in [-0.2, 0) is 12.8 Å². The SMILES string of the molecule is C#CCN(C)C.Cc1ncc(Br)cc1[N+](=O)[O-].Cc1ncc(C#CCN(C)C)cc1[N+](=O)[O-].Cc1ncc(CCCN(C)C)cc1N.Cc1ncc(CCCN(C)C)cc1N=C(N)N.Cl.Cl.N=C(N)Cl. The minimum absolute atomic E-state index is 0. The fourth-order valence-corrected chi connectivity index (χ4v) is 5.14. The van der Waals surface area contributed by atoms with E-state index in [0.717, 1.165) is 73.6 Å². The Balaban J connectivity index is -0.000000388. The number of pyridine rings is 4. The van der Waals surface area contributed by atoms with Crippen LogP contribution in [0.15, 0.2) is 58.5 Å². The molecule has 4 rings (SSSR count). The molecule has 0 amide bonds. The molecule has 0 fully saturated rings. The van der Waals surface area contributed by atoms with E-state index in [4.69, 9.17) is 29.0 Å². The molecule has 9 N–H and O–H groups in total. The number of nitro groups is 2. The Bertz CT molecular complexity index is 2310. The van der Waals surface area contributed by atoms with Gasteiger partial charge >= 0.3 is 0 Å². The van der Waals surface area contributed by atoms with E-state index in [9.17, 15) is 20.2 Å². The summed E-state index contributed by atoms with van der Waals surface area (Å²) in [6.45, 7) is 10.5. The van der Waals surface area contributed by atoms with Crippen LogP contribution in [-0.4, -0.2) is 143 Å². The van der Waals surface area contributed by atoms with Crippen molar-refractivity contribution in [1.82, 2.24) is 39.5 Å². The lowest BCUT2D eigenvalue weighted by Gasteiger charge is -2.09. The summed E-state index contributed by atoms with van der Waals surface area (Å²) >= 11 is 7.73. The van der Waals surface area contributed by atoms with Crippen molar-refractivity contribution in [2.45, 2.75) is 53.4 Å². The maximum Gasteiger partial charge on any atom is 0.291 e. The van der Waals surface area contributed by atoms with Crippen molar-refractivity contribution >= 4 is 86.3 Å². The molecule has 4 heterocycles. The number of terminal acetylenes is 1. The van der Waals surface area contributed by atoms with Crippen molar-refractivity contribution in [3.8, 4) is 24.2 Å². The summed E-state index contributed by atoms with van der Waals surface area (Å²) in [5.74, 6) is 8.30. The van der Waals surface area contributed by atoms with Crippen molar-refractivity contribution in [1.29, 1.82) is 5.41 Å². The number of aryl methyl sites for hydroxylation is 6. The fourth-order valence-electron chi connectivity index (χ4n) is 4.82. The highest BCUT2D eigenvalue weighted by atomic mass is 79.9. The van der Waals surface area contributed by atoms with Gasteiger partial charge in [-0.05, 0) is 174 Å². The molecule has 0 aliphatic heterocycles. The summed E-state index contributed by atoms with van der Waals surface area (Å²) in [6.07, 6.45) is 16.1. The highest BCUT2D eigenvalue weighted by Crippen LogP contribution is 2.20. The van der Waals surface area contributed by atoms with E-state index < -0.39 is 9.85 Å². The number of anilines is 1. The third-order valence-corrected chi connectivity index (χ3v) is 8.64. The van der Waals surface area contributed by atoms with Crippen LogP contribution in [0.3, 0.4) is 0 Å². The van der Waals surface area contributed by atoms with Crippen molar-refractivity contribution in [3.05, 3.63) is 113 Å². The van der Waals surface area contributed by atoms with Gasteiger partial charge in [-0.1, -0.05) is 17.8 Å². The molecule has 0 saturated heterocycles. The number of nitrogens with two attached hydrogens (primary N) is 4. The Kier molecular flexibility index (Phi) is 40.5. The second-order valence-electron chi connectivity index (χ2n) is 15.7. The zero-order chi connectivity index (χ0) is 52.5. The lowest BCUT2D eigenvalue weighted by atomic mass is 10.1. The van der Waals surface area contributed by atoms with E-state index in [1.807, 2.05) is 76.4 Å². The monoisotopic (exact) mass is 1100 g/mol. The van der Waals surface area contributed by atoms with Gasteiger partial charge in [-0.15, -0.1) is 31.2 Å². The number of nitrogens with one attached hydrogen (secondary N) is 1. The van der Waals surface area contributed by atoms with Crippen molar-refractivity contribution in [2.24, 2.45) is 22.2 Å². The van der Waals surface area contributed by atoms with Crippen molar-refractivity contribution in [2.75, 3.05) is 88.3 Å². The Morgan fingerprint density at radius 2 is 1.14 bits per heavy atom. The van der Waals surface area contributed by atoms with E-state index in [2.05, 4.69) is 114 Å². The van der Waals surface area contributed by atoms with Crippen LogP contribution < -0.4 is 22.9 Å². The predicted octanol–water partition coefficient (Wildman–Crippen LogP) is 6.67. The minimum atomic E-state index is -0.451. The molecule has 0 atom stereocenters. The standard InChI is InChI=1S/C12H21N5.C11H13N3O2.C11H19N3.C6H5BrN2O2.C5H9N.CH3ClN2.2ClH/c1-9-11(16-12(13)14)7-10(8-15-9)5-4-6-17(2)3;1-9-11(14(15)16)7-10(8-12-9)5-4-6-13(2)3;1-9-11(12)7-10(8-13-9)5-4-6-14(2)3;1-4-6(9(10)11)2-5(7)3-8-4;1-4-5-6(2)3;2-1(3)4;;/h7-8H,4-6H2,1-3H3,(H4,13,14,16);7-8H,6H2,1-3H3;7-8H,4-6,12H2,1-3H3;2-3H,1H3;1H,5H2,2-3H3;(H3,3,4);2*1H. The Hall–Kier alpha value is -5.75. The summed E-state index contributed by atoms with van der Waals surface area (Å²) in [4.78, 5) is 48.7. The van der Waals surface area contributed by atoms with E-state index in [0.29, 0.717) is 28.0 Å². The first kappa shape index (κ1) is 70.8. The molecule has 0 aliphatic rings. The van der Waals surface area contributed by atoms with Crippen LogP contribution >= 0.6 is 52.3 Å². The largest absolute Gasteiger partial charge is 0.397 e. The summed E-state index contributed by atoms with van der Waals surface area (Å²) in [6, 6.07) is 6.91. The molecule has 0 spiro atoms.